The number of aryl methyl sites for hydroxylation is 1. The highest BCUT2D eigenvalue weighted by atomic mass is 16.1. The summed E-state index contributed by atoms with van der Waals surface area (Å²) in [6.07, 6.45) is 2.17. The van der Waals surface area contributed by atoms with Crippen molar-refractivity contribution in [1.82, 2.24) is 14.9 Å². The first-order valence-electron chi connectivity index (χ1n) is 11.8. The number of rotatable bonds is 6. The van der Waals surface area contributed by atoms with Crippen LogP contribution >= 0.6 is 0 Å². The van der Waals surface area contributed by atoms with E-state index in [0.717, 1.165) is 42.6 Å². The molecule has 5 rings (SSSR count). The maximum atomic E-state index is 13.5. The van der Waals surface area contributed by atoms with Gasteiger partial charge < -0.3 is 10.2 Å². The highest BCUT2D eigenvalue weighted by Crippen LogP contribution is 2.21. The fourth-order valence-corrected chi connectivity index (χ4v) is 4.50. The van der Waals surface area contributed by atoms with Crippen molar-refractivity contribution in [2.45, 2.75) is 32.9 Å². The zero-order chi connectivity index (χ0) is 23.5. The van der Waals surface area contributed by atoms with Gasteiger partial charge in [-0.05, 0) is 54.7 Å². The van der Waals surface area contributed by atoms with Crippen molar-refractivity contribution >= 4 is 22.8 Å². The van der Waals surface area contributed by atoms with Crippen LogP contribution in [0.2, 0.25) is 0 Å². The summed E-state index contributed by atoms with van der Waals surface area (Å²) >= 11 is 0. The lowest BCUT2D eigenvalue weighted by Gasteiger charge is -2.22. The lowest BCUT2D eigenvalue weighted by molar-refractivity contribution is 0.0951. The van der Waals surface area contributed by atoms with Crippen LogP contribution in [0, 0.1) is 6.92 Å². The molecule has 0 unspecified atom stereocenters. The van der Waals surface area contributed by atoms with Crippen LogP contribution in [0.25, 0.3) is 10.9 Å². The smallest absolute Gasteiger partial charge is 0.263 e. The number of nitrogens with zero attached hydrogens (tertiary/aromatic N) is 3. The summed E-state index contributed by atoms with van der Waals surface area (Å²) in [7, 11) is 0. The summed E-state index contributed by atoms with van der Waals surface area (Å²) in [5.41, 5.74) is 4.24. The molecule has 1 N–H and O–H groups in total. The Morgan fingerprint density at radius 1 is 0.971 bits per heavy atom. The summed E-state index contributed by atoms with van der Waals surface area (Å²) in [6, 6.07) is 23.1. The van der Waals surface area contributed by atoms with E-state index in [0.29, 0.717) is 35.5 Å². The molecule has 0 bridgehead atoms. The van der Waals surface area contributed by atoms with E-state index in [-0.39, 0.29) is 11.5 Å². The molecule has 1 fully saturated rings. The molecule has 2 heterocycles. The van der Waals surface area contributed by atoms with E-state index < -0.39 is 0 Å². The van der Waals surface area contributed by atoms with E-state index in [1.165, 1.54) is 0 Å². The van der Waals surface area contributed by atoms with Gasteiger partial charge in [-0.25, -0.2) is 4.98 Å². The zero-order valence-corrected chi connectivity index (χ0v) is 19.3. The van der Waals surface area contributed by atoms with Crippen molar-refractivity contribution < 1.29 is 4.79 Å². The summed E-state index contributed by atoms with van der Waals surface area (Å²) < 4.78 is 1.76. The predicted octanol–water partition coefficient (Wildman–Crippen LogP) is 4.28. The van der Waals surface area contributed by atoms with Crippen LogP contribution in [0.15, 0.2) is 77.6 Å². The van der Waals surface area contributed by atoms with Crippen LogP contribution in [0.3, 0.4) is 0 Å². The zero-order valence-electron chi connectivity index (χ0n) is 19.3. The molecule has 1 aromatic heterocycles. The van der Waals surface area contributed by atoms with Crippen molar-refractivity contribution in [3.63, 3.8) is 0 Å². The number of anilines is 1. The highest BCUT2D eigenvalue weighted by Gasteiger charge is 2.21. The van der Waals surface area contributed by atoms with Gasteiger partial charge in [-0.15, -0.1) is 0 Å². The first-order valence-corrected chi connectivity index (χ1v) is 11.8. The summed E-state index contributed by atoms with van der Waals surface area (Å²) in [6.45, 7) is 4.70. The second-order valence-corrected chi connectivity index (χ2v) is 8.82. The first kappa shape index (κ1) is 21.9. The quantitative estimate of drug-likeness (QED) is 0.474. The van der Waals surface area contributed by atoms with E-state index in [2.05, 4.69) is 10.2 Å². The summed E-state index contributed by atoms with van der Waals surface area (Å²) in [4.78, 5) is 33.5. The van der Waals surface area contributed by atoms with E-state index in [9.17, 15) is 9.59 Å². The molecule has 4 aromatic rings. The fraction of sp³-hybridized carbons (Fsp3) is 0.250. The van der Waals surface area contributed by atoms with Crippen LogP contribution < -0.4 is 15.8 Å². The third-order valence-electron chi connectivity index (χ3n) is 6.47. The maximum absolute atomic E-state index is 13.5. The number of nitrogens with one attached hydrogen (secondary N) is 1. The number of carbonyl (C=O) groups excluding carboxylic acids is 1. The van der Waals surface area contributed by atoms with Gasteiger partial charge in [-0.1, -0.05) is 54.6 Å². The van der Waals surface area contributed by atoms with Gasteiger partial charge >= 0.3 is 0 Å². The van der Waals surface area contributed by atoms with Gasteiger partial charge in [0.2, 0.25) is 5.95 Å². The lowest BCUT2D eigenvalue weighted by Crippen LogP contribution is -2.31. The van der Waals surface area contributed by atoms with Crippen molar-refractivity contribution in [1.29, 1.82) is 0 Å². The minimum atomic E-state index is -0.178. The molecule has 3 aromatic carbocycles. The molecule has 1 saturated heterocycles. The monoisotopic (exact) mass is 452 g/mol. The second kappa shape index (κ2) is 9.51. The Morgan fingerprint density at radius 2 is 1.71 bits per heavy atom. The Bertz CT molecular complexity index is 1390. The van der Waals surface area contributed by atoms with Crippen molar-refractivity contribution in [2.24, 2.45) is 0 Å². The Kier molecular flexibility index (Phi) is 6.12. The molecule has 6 heteroatoms. The van der Waals surface area contributed by atoms with E-state index in [1.807, 2.05) is 61.5 Å². The molecular weight excluding hydrogens is 424 g/mol. The number of carbonyl (C=O) groups is 1. The molecule has 0 saturated carbocycles. The second-order valence-electron chi connectivity index (χ2n) is 8.82. The molecule has 1 aliphatic heterocycles. The SMILES string of the molecule is Cc1ccccc1CNC(=O)c1ccc2c(=O)n(Cc3ccccc3)c(N3CCCC3)nc2c1. The average Bonchev–Trinajstić information content (AvgIpc) is 3.40. The normalized spacial score (nSPS) is 13.4. The third-order valence-corrected chi connectivity index (χ3v) is 6.47. The maximum Gasteiger partial charge on any atom is 0.263 e. The molecule has 1 amide bonds. The van der Waals surface area contributed by atoms with E-state index >= 15 is 0 Å². The van der Waals surface area contributed by atoms with E-state index in [1.54, 1.807) is 22.8 Å². The Balaban J connectivity index is 1.49. The van der Waals surface area contributed by atoms with Crippen LogP contribution in [-0.4, -0.2) is 28.5 Å². The molecular formula is C28H28N4O2. The number of fused-ring (bicyclic) bond motifs is 1. The molecule has 0 radical (unpaired) electrons. The average molecular weight is 453 g/mol. The van der Waals surface area contributed by atoms with Gasteiger partial charge in [-0.3, -0.25) is 14.2 Å². The molecule has 172 valence electrons. The molecule has 0 atom stereocenters. The minimum absolute atomic E-state index is 0.0809. The standard InChI is InChI=1S/C28H28N4O2/c1-20-9-5-6-12-23(20)18-29-26(33)22-13-14-24-25(17-22)30-28(31-15-7-8-16-31)32(27(24)34)19-21-10-3-2-4-11-21/h2-6,9-14,17H,7-8,15-16,18-19H2,1H3,(H,29,33). The van der Waals surface area contributed by atoms with Crippen LogP contribution in [0.5, 0.6) is 0 Å². The third kappa shape index (κ3) is 4.44. The Hall–Kier alpha value is -3.93. The molecule has 6 nitrogen and oxygen atoms in total. The molecule has 0 aliphatic carbocycles. The number of hydrogen-bond donors (Lipinski definition) is 1. The van der Waals surface area contributed by atoms with Crippen LogP contribution in [-0.2, 0) is 13.1 Å². The minimum Gasteiger partial charge on any atom is -0.348 e. The van der Waals surface area contributed by atoms with Gasteiger partial charge in [0.05, 0.1) is 17.4 Å². The lowest BCUT2D eigenvalue weighted by atomic mass is 10.1. The fourth-order valence-electron chi connectivity index (χ4n) is 4.50. The van der Waals surface area contributed by atoms with Gasteiger partial charge in [-0.2, -0.15) is 0 Å². The van der Waals surface area contributed by atoms with Gasteiger partial charge in [0, 0.05) is 25.2 Å². The Labute approximate surface area is 198 Å². The number of aromatic nitrogens is 2. The van der Waals surface area contributed by atoms with Gasteiger partial charge in [0.1, 0.15) is 0 Å². The van der Waals surface area contributed by atoms with Crippen molar-refractivity contribution in [2.75, 3.05) is 18.0 Å². The van der Waals surface area contributed by atoms with Crippen LogP contribution in [0.1, 0.15) is 39.9 Å². The number of hydrogen-bond acceptors (Lipinski definition) is 4. The highest BCUT2D eigenvalue weighted by molar-refractivity contribution is 5.97. The molecule has 1 aliphatic rings. The number of benzene rings is 3. The molecule has 34 heavy (non-hydrogen) atoms. The summed E-state index contributed by atoms with van der Waals surface area (Å²) in [5.74, 6) is 0.500. The van der Waals surface area contributed by atoms with Gasteiger partial charge in [0.15, 0.2) is 0 Å². The van der Waals surface area contributed by atoms with Crippen molar-refractivity contribution in [3.8, 4) is 0 Å². The predicted molar refractivity (Wildman–Crippen MR) is 135 cm³/mol. The van der Waals surface area contributed by atoms with Gasteiger partial charge in [0.25, 0.3) is 11.5 Å². The molecule has 0 spiro atoms. The largest absolute Gasteiger partial charge is 0.348 e. The number of amides is 1. The topological polar surface area (TPSA) is 67.2 Å². The summed E-state index contributed by atoms with van der Waals surface area (Å²) in [5, 5.41) is 3.51. The first-order chi connectivity index (χ1) is 16.6. The Morgan fingerprint density at radius 3 is 2.47 bits per heavy atom. The van der Waals surface area contributed by atoms with E-state index in [4.69, 9.17) is 4.98 Å². The van der Waals surface area contributed by atoms with Crippen LogP contribution in [0.4, 0.5) is 5.95 Å². The van der Waals surface area contributed by atoms with Crippen molar-refractivity contribution in [3.05, 3.63) is 105 Å².